The normalized spacial score (nSPS) is 18.3. The Kier molecular flexibility index (Phi) is 3.77. The molecule has 0 unspecified atom stereocenters. The third-order valence-corrected chi connectivity index (χ3v) is 5.73. The molecule has 5 rings (SSSR count). The molecule has 8 heteroatoms. The molecule has 1 aliphatic rings. The first-order valence-electron chi connectivity index (χ1n) is 9.35. The zero-order valence-electron chi connectivity index (χ0n) is 15.9. The first-order valence-corrected chi connectivity index (χ1v) is 9.35. The van der Waals surface area contributed by atoms with Crippen LogP contribution >= 0.6 is 0 Å². The second-order valence-corrected chi connectivity index (χ2v) is 7.56. The van der Waals surface area contributed by atoms with Crippen LogP contribution in [-0.2, 0) is 0 Å². The third kappa shape index (κ3) is 2.88. The van der Waals surface area contributed by atoms with Crippen molar-refractivity contribution >= 4 is 5.65 Å². The fourth-order valence-corrected chi connectivity index (χ4v) is 3.91. The highest BCUT2D eigenvalue weighted by Gasteiger charge is 2.41. The minimum atomic E-state index is -0.568. The number of aromatic nitrogens is 5. The largest absolute Gasteiger partial charge is 0.325 e. The predicted molar refractivity (Wildman–Crippen MR) is 106 cm³/mol. The molecule has 0 spiro atoms. The van der Waals surface area contributed by atoms with Gasteiger partial charge in [-0.2, -0.15) is 5.10 Å². The van der Waals surface area contributed by atoms with Gasteiger partial charge >= 0.3 is 5.69 Å². The van der Waals surface area contributed by atoms with Crippen molar-refractivity contribution < 1.29 is 4.39 Å². The molecular weight excluding hydrogens is 373 g/mol. The lowest BCUT2D eigenvalue weighted by molar-refractivity contribution is 0.614. The molecule has 1 fully saturated rings. The molecule has 7 nitrogen and oxygen atoms in total. The smallest absolute Gasteiger partial charge is 0.313 e. The molecule has 0 radical (unpaired) electrons. The zero-order valence-corrected chi connectivity index (χ0v) is 15.9. The van der Waals surface area contributed by atoms with E-state index in [1.807, 2.05) is 19.1 Å². The minimum absolute atomic E-state index is 0.157. The van der Waals surface area contributed by atoms with Crippen LogP contribution in [0.4, 0.5) is 4.39 Å². The van der Waals surface area contributed by atoms with Gasteiger partial charge < -0.3 is 4.98 Å². The van der Waals surface area contributed by atoms with Crippen molar-refractivity contribution in [2.75, 3.05) is 0 Å². The summed E-state index contributed by atoms with van der Waals surface area (Å²) in [5.41, 5.74) is 3.89. The lowest BCUT2D eigenvalue weighted by atomic mass is 10.00. The number of halogens is 1. The molecule has 3 heterocycles. The van der Waals surface area contributed by atoms with E-state index in [1.165, 1.54) is 6.20 Å². The average molecular weight is 391 g/mol. The van der Waals surface area contributed by atoms with E-state index in [2.05, 4.69) is 20.1 Å². The first kappa shape index (κ1) is 17.5. The van der Waals surface area contributed by atoms with E-state index in [9.17, 15) is 14.0 Å². The number of fused-ring (bicyclic) bond motifs is 1. The molecule has 1 aromatic carbocycles. The molecule has 0 saturated heterocycles. The van der Waals surface area contributed by atoms with Gasteiger partial charge in [0.05, 0.1) is 11.3 Å². The lowest BCUT2D eigenvalue weighted by Gasteiger charge is -2.09. The van der Waals surface area contributed by atoms with Gasteiger partial charge in [0, 0.05) is 24.2 Å². The van der Waals surface area contributed by atoms with Crippen LogP contribution in [-0.4, -0.2) is 24.6 Å². The second-order valence-electron chi connectivity index (χ2n) is 7.56. The van der Waals surface area contributed by atoms with Gasteiger partial charge in [-0.1, -0.05) is 6.07 Å². The molecule has 0 amide bonds. The predicted octanol–water partition coefficient (Wildman–Crippen LogP) is 2.80. The highest BCUT2D eigenvalue weighted by atomic mass is 19.1. The highest BCUT2D eigenvalue weighted by molar-refractivity contribution is 5.63. The van der Waals surface area contributed by atoms with Crippen LogP contribution in [0.3, 0.4) is 0 Å². The quantitative estimate of drug-likeness (QED) is 0.561. The van der Waals surface area contributed by atoms with Crippen molar-refractivity contribution in [3.05, 3.63) is 85.7 Å². The van der Waals surface area contributed by atoms with E-state index in [1.54, 1.807) is 29.9 Å². The van der Waals surface area contributed by atoms with Crippen LogP contribution in [0.15, 0.2) is 46.4 Å². The molecule has 1 aliphatic carbocycles. The van der Waals surface area contributed by atoms with Gasteiger partial charge in [-0.3, -0.25) is 9.78 Å². The molecule has 2 atom stereocenters. The standard InChI is InChI=1S/C21H18FN5O2/c1-10-5-12(6-17(22)11(10)2)13-7-14(13)15-8-18(26-27-4-3-23-19(15)27)16-9-24-21(29)25-20(16)28/h3-6,8-9,13-14H,7H2,1-2H3,(H2,24,25,28,29)/t13-,14+/m1/s1. The number of aromatic amines is 2. The van der Waals surface area contributed by atoms with Crippen molar-refractivity contribution in [3.63, 3.8) is 0 Å². The molecular formula is C21H18FN5O2. The SMILES string of the molecule is Cc1cc([C@H]2C[C@@H]2c2cc(-c3c[nH]c(=O)[nH]c3=O)nn3ccnc23)cc(F)c1C. The number of imidazole rings is 1. The van der Waals surface area contributed by atoms with Crippen molar-refractivity contribution in [1.82, 2.24) is 24.6 Å². The van der Waals surface area contributed by atoms with Gasteiger partial charge in [-0.15, -0.1) is 0 Å². The topological polar surface area (TPSA) is 95.9 Å². The number of nitrogens with zero attached hydrogens (tertiary/aromatic N) is 3. The molecule has 4 aromatic rings. The van der Waals surface area contributed by atoms with Gasteiger partial charge in [0.15, 0.2) is 5.65 Å². The maximum absolute atomic E-state index is 14.2. The maximum atomic E-state index is 14.2. The summed E-state index contributed by atoms with van der Waals surface area (Å²) in [6.07, 6.45) is 5.60. The third-order valence-electron chi connectivity index (χ3n) is 5.73. The summed E-state index contributed by atoms with van der Waals surface area (Å²) in [4.78, 5) is 32.7. The summed E-state index contributed by atoms with van der Waals surface area (Å²) < 4.78 is 15.9. The van der Waals surface area contributed by atoms with Crippen molar-refractivity contribution in [1.29, 1.82) is 0 Å². The molecule has 0 aliphatic heterocycles. The maximum Gasteiger partial charge on any atom is 0.325 e. The van der Waals surface area contributed by atoms with E-state index >= 15 is 0 Å². The Hall–Kier alpha value is -3.55. The summed E-state index contributed by atoms with van der Waals surface area (Å²) in [6.45, 7) is 3.70. The van der Waals surface area contributed by atoms with Crippen molar-refractivity contribution in [2.45, 2.75) is 32.1 Å². The number of hydrogen-bond donors (Lipinski definition) is 2. The number of aryl methyl sites for hydroxylation is 1. The first-order chi connectivity index (χ1) is 13.9. The number of hydrogen-bond acceptors (Lipinski definition) is 4. The van der Waals surface area contributed by atoms with E-state index in [-0.39, 0.29) is 23.2 Å². The van der Waals surface area contributed by atoms with Crippen LogP contribution in [0, 0.1) is 19.7 Å². The highest BCUT2D eigenvalue weighted by Crippen LogP contribution is 2.56. The fourth-order valence-electron chi connectivity index (χ4n) is 3.91. The molecule has 1 saturated carbocycles. The van der Waals surface area contributed by atoms with Gasteiger partial charge in [-0.25, -0.2) is 18.7 Å². The number of nitrogens with one attached hydrogen (secondary N) is 2. The Bertz CT molecular complexity index is 1360. The van der Waals surface area contributed by atoms with Gasteiger partial charge in [-0.05, 0) is 60.9 Å². The van der Waals surface area contributed by atoms with Crippen molar-refractivity contribution in [3.8, 4) is 11.3 Å². The van der Waals surface area contributed by atoms with Crippen LogP contribution in [0.5, 0.6) is 0 Å². The van der Waals surface area contributed by atoms with E-state index < -0.39 is 11.2 Å². The molecule has 0 bridgehead atoms. The van der Waals surface area contributed by atoms with Gasteiger partial charge in [0.1, 0.15) is 5.82 Å². The number of benzene rings is 1. The zero-order chi connectivity index (χ0) is 20.3. The summed E-state index contributed by atoms with van der Waals surface area (Å²) >= 11 is 0. The monoisotopic (exact) mass is 391 g/mol. The van der Waals surface area contributed by atoms with Gasteiger partial charge in [0.2, 0.25) is 0 Å². The Morgan fingerprint density at radius 1 is 1.17 bits per heavy atom. The Morgan fingerprint density at radius 3 is 2.76 bits per heavy atom. The summed E-state index contributed by atoms with van der Waals surface area (Å²) in [7, 11) is 0. The van der Waals surface area contributed by atoms with Crippen molar-refractivity contribution in [2.24, 2.45) is 0 Å². The Morgan fingerprint density at radius 2 is 2.00 bits per heavy atom. The molecule has 3 aromatic heterocycles. The summed E-state index contributed by atoms with van der Waals surface area (Å²) in [5.74, 6) is 0.158. The van der Waals surface area contributed by atoms with E-state index in [4.69, 9.17) is 0 Å². The molecule has 2 N–H and O–H groups in total. The van der Waals surface area contributed by atoms with Crippen LogP contribution < -0.4 is 11.2 Å². The lowest BCUT2D eigenvalue weighted by Crippen LogP contribution is -2.23. The number of rotatable bonds is 3. The molecule has 146 valence electrons. The summed E-state index contributed by atoms with van der Waals surface area (Å²) in [6, 6.07) is 5.50. The number of H-pyrrole nitrogens is 2. The van der Waals surface area contributed by atoms with Crippen LogP contribution in [0.1, 0.15) is 40.5 Å². The summed E-state index contributed by atoms with van der Waals surface area (Å²) in [5, 5.41) is 4.46. The van der Waals surface area contributed by atoms with Crippen LogP contribution in [0.25, 0.3) is 16.9 Å². The van der Waals surface area contributed by atoms with Crippen LogP contribution in [0.2, 0.25) is 0 Å². The van der Waals surface area contributed by atoms with Gasteiger partial charge in [0.25, 0.3) is 5.56 Å². The molecule has 29 heavy (non-hydrogen) atoms. The Labute approximate surface area is 164 Å². The van der Waals surface area contributed by atoms with E-state index in [0.29, 0.717) is 16.9 Å². The fraction of sp³-hybridized carbons (Fsp3) is 0.238. The van der Waals surface area contributed by atoms with E-state index in [0.717, 1.165) is 23.1 Å². The second kappa shape index (κ2) is 6.23. The minimum Gasteiger partial charge on any atom is -0.313 e. The average Bonchev–Trinajstić information content (AvgIpc) is 3.33. The Balaban J connectivity index is 1.60.